The molecular formula is C21H22F3N5O6. The Hall–Kier alpha value is -3.94. The Balaban J connectivity index is 1.69. The number of amides is 1. The molecule has 0 spiro atoms. The van der Waals surface area contributed by atoms with Crippen molar-refractivity contribution < 1.29 is 32.5 Å². The Morgan fingerprint density at radius 3 is 2.26 bits per heavy atom. The summed E-state index contributed by atoms with van der Waals surface area (Å²) < 4.78 is 44.0. The van der Waals surface area contributed by atoms with E-state index in [0.717, 1.165) is 12.1 Å². The molecule has 1 aliphatic heterocycles. The van der Waals surface area contributed by atoms with Gasteiger partial charge in [-0.25, -0.2) is 0 Å². The second kappa shape index (κ2) is 10.1. The molecule has 1 aliphatic rings. The van der Waals surface area contributed by atoms with Crippen molar-refractivity contribution in [3.05, 3.63) is 62.2 Å². The molecular weight excluding hydrogens is 475 g/mol. The van der Waals surface area contributed by atoms with Crippen molar-refractivity contribution in [1.82, 2.24) is 4.90 Å². The number of carbonyl (C=O) groups excluding carboxylic acids is 1. The van der Waals surface area contributed by atoms with Crippen LogP contribution in [-0.2, 0) is 11.0 Å². The third-order valence-corrected chi connectivity index (χ3v) is 5.73. The molecule has 1 heterocycles. The molecule has 1 atom stereocenters. The van der Waals surface area contributed by atoms with Crippen LogP contribution in [0, 0.1) is 20.2 Å². The van der Waals surface area contributed by atoms with Gasteiger partial charge in [-0.15, -0.1) is 0 Å². The van der Waals surface area contributed by atoms with E-state index in [1.54, 1.807) is 16.7 Å². The monoisotopic (exact) mass is 497 g/mol. The topological polar surface area (TPSA) is 131 Å². The van der Waals surface area contributed by atoms with Crippen molar-refractivity contribution >= 4 is 28.7 Å². The summed E-state index contributed by atoms with van der Waals surface area (Å²) in [6.07, 6.45) is -4.70. The van der Waals surface area contributed by atoms with E-state index in [4.69, 9.17) is 4.74 Å². The van der Waals surface area contributed by atoms with Gasteiger partial charge in [-0.2, -0.15) is 13.2 Å². The smallest absolute Gasteiger partial charge is 0.416 e. The Kier molecular flexibility index (Phi) is 7.43. The molecule has 0 radical (unpaired) electrons. The first-order valence-electron chi connectivity index (χ1n) is 10.4. The first kappa shape index (κ1) is 25.7. The number of nitro groups is 2. The van der Waals surface area contributed by atoms with E-state index in [0.29, 0.717) is 19.2 Å². The van der Waals surface area contributed by atoms with E-state index < -0.39 is 39.2 Å². The Labute approximate surface area is 197 Å². The number of methoxy groups -OCH3 is 1. The Bertz CT molecular complexity index is 1130. The number of nitrogens with one attached hydrogen (secondary N) is 1. The number of non-ortho nitro benzene ring substituents is 1. The predicted molar refractivity (Wildman–Crippen MR) is 120 cm³/mol. The molecule has 188 valence electrons. The molecule has 3 rings (SSSR count). The third kappa shape index (κ3) is 5.77. The van der Waals surface area contributed by atoms with Gasteiger partial charge < -0.3 is 15.0 Å². The predicted octanol–water partition coefficient (Wildman–Crippen LogP) is 3.68. The van der Waals surface area contributed by atoms with Crippen LogP contribution < -0.4 is 15.0 Å². The number of alkyl halides is 3. The van der Waals surface area contributed by atoms with Gasteiger partial charge >= 0.3 is 6.18 Å². The van der Waals surface area contributed by atoms with E-state index in [1.165, 1.54) is 25.3 Å². The summed E-state index contributed by atoms with van der Waals surface area (Å²) in [7, 11) is 1.36. The highest BCUT2D eigenvalue weighted by Gasteiger charge is 2.35. The molecule has 14 heteroatoms. The normalized spacial score (nSPS) is 15.4. The summed E-state index contributed by atoms with van der Waals surface area (Å²) in [4.78, 5) is 37.2. The molecule has 1 N–H and O–H groups in total. The van der Waals surface area contributed by atoms with Crippen LogP contribution in [0.5, 0.6) is 5.75 Å². The number of piperazine rings is 1. The van der Waals surface area contributed by atoms with E-state index in [-0.39, 0.29) is 35.9 Å². The second-order valence-electron chi connectivity index (χ2n) is 7.79. The quantitative estimate of drug-likeness (QED) is 0.453. The highest BCUT2D eigenvalue weighted by atomic mass is 19.4. The van der Waals surface area contributed by atoms with Crippen molar-refractivity contribution in [1.29, 1.82) is 0 Å². The number of anilines is 2. The average molecular weight is 497 g/mol. The van der Waals surface area contributed by atoms with E-state index in [2.05, 4.69) is 5.32 Å². The number of halogens is 3. The number of carbonyl (C=O) groups is 1. The van der Waals surface area contributed by atoms with Gasteiger partial charge in [-0.05, 0) is 25.1 Å². The highest BCUT2D eigenvalue weighted by Crippen LogP contribution is 2.37. The number of hydrogen-bond acceptors (Lipinski definition) is 8. The molecule has 0 aliphatic carbocycles. The van der Waals surface area contributed by atoms with E-state index >= 15 is 0 Å². The first-order valence-corrected chi connectivity index (χ1v) is 10.4. The number of nitrogens with zero attached hydrogens (tertiary/aromatic N) is 4. The van der Waals surface area contributed by atoms with Crippen molar-refractivity contribution in [2.45, 2.75) is 19.1 Å². The van der Waals surface area contributed by atoms with Crippen LogP contribution in [0.1, 0.15) is 12.5 Å². The maximum absolute atomic E-state index is 13.0. The third-order valence-electron chi connectivity index (χ3n) is 5.73. The summed E-state index contributed by atoms with van der Waals surface area (Å²) in [5.41, 5.74) is -1.76. The number of rotatable bonds is 7. The summed E-state index contributed by atoms with van der Waals surface area (Å²) in [6.45, 7) is 2.72. The fraction of sp³-hybridized carbons (Fsp3) is 0.381. The summed E-state index contributed by atoms with van der Waals surface area (Å²) in [5.74, 6) is -0.201. The van der Waals surface area contributed by atoms with E-state index in [1.807, 2.05) is 0 Å². The van der Waals surface area contributed by atoms with Crippen LogP contribution in [-0.4, -0.2) is 60.0 Å². The zero-order valence-electron chi connectivity index (χ0n) is 18.7. The SMILES string of the molecule is COc1ccc([N+](=O)[O-])cc1NC(=O)C(C)N1CCN(c2ccc(C(F)(F)F)cc2[N+](=O)[O-])CC1. The van der Waals surface area contributed by atoms with Gasteiger partial charge in [0.15, 0.2) is 0 Å². The number of benzene rings is 2. The van der Waals surface area contributed by atoms with Gasteiger partial charge in [0.25, 0.3) is 11.4 Å². The largest absolute Gasteiger partial charge is 0.495 e. The number of ether oxygens (including phenoxy) is 1. The van der Waals surface area contributed by atoms with Gasteiger partial charge in [-0.1, -0.05) is 0 Å². The van der Waals surface area contributed by atoms with Gasteiger partial charge in [-0.3, -0.25) is 29.9 Å². The lowest BCUT2D eigenvalue weighted by molar-refractivity contribution is -0.384. The first-order chi connectivity index (χ1) is 16.4. The van der Waals surface area contributed by atoms with Crippen molar-refractivity contribution in [3.63, 3.8) is 0 Å². The molecule has 0 aromatic heterocycles. The fourth-order valence-electron chi connectivity index (χ4n) is 3.77. The van der Waals surface area contributed by atoms with E-state index in [9.17, 15) is 38.2 Å². The minimum absolute atomic E-state index is 0.0705. The minimum atomic E-state index is -4.70. The van der Waals surface area contributed by atoms with Crippen LogP contribution in [0.25, 0.3) is 0 Å². The minimum Gasteiger partial charge on any atom is -0.495 e. The lowest BCUT2D eigenvalue weighted by Gasteiger charge is -2.38. The molecule has 2 aromatic carbocycles. The van der Waals surface area contributed by atoms with Crippen LogP contribution in [0.3, 0.4) is 0 Å². The lowest BCUT2D eigenvalue weighted by atomic mass is 10.1. The van der Waals surface area contributed by atoms with Crippen molar-refractivity contribution in [2.24, 2.45) is 0 Å². The molecule has 35 heavy (non-hydrogen) atoms. The summed E-state index contributed by atoms with van der Waals surface area (Å²) in [5, 5.41) is 25.1. The van der Waals surface area contributed by atoms with Crippen LogP contribution in [0.4, 0.5) is 35.9 Å². The average Bonchev–Trinajstić information content (AvgIpc) is 2.82. The zero-order valence-corrected chi connectivity index (χ0v) is 18.7. The maximum Gasteiger partial charge on any atom is 0.416 e. The fourth-order valence-corrected chi connectivity index (χ4v) is 3.77. The molecule has 1 saturated heterocycles. The summed E-state index contributed by atoms with van der Waals surface area (Å²) in [6, 6.07) is 5.54. The zero-order chi connectivity index (χ0) is 25.9. The van der Waals surface area contributed by atoms with Crippen molar-refractivity contribution in [3.8, 4) is 5.75 Å². The molecule has 1 fully saturated rings. The van der Waals surface area contributed by atoms with Crippen LogP contribution in [0.2, 0.25) is 0 Å². The van der Waals surface area contributed by atoms with Crippen molar-refractivity contribution in [2.75, 3.05) is 43.5 Å². The number of hydrogen-bond donors (Lipinski definition) is 1. The van der Waals surface area contributed by atoms with Crippen LogP contribution in [0.15, 0.2) is 36.4 Å². The molecule has 1 amide bonds. The van der Waals surface area contributed by atoms with Gasteiger partial charge in [0, 0.05) is 44.4 Å². The molecule has 1 unspecified atom stereocenters. The molecule has 0 bridgehead atoms. The lowest BCUT2D eigenvalue weighted by Crippen LogP contribution is -2.53. The Morgan fingerprint density at radius 2 is 1.71 bits per heavy atom. The maximum atomic E-state index is 13.0. The van der Waals surface area contributed by atoms with Gasteiger partial charge in [0.05, 0.1) is 34.2 Å². The van der Waals surface area contributed by atoms with Gasteiger partial charge in [0.2, 0.25) is 5.91 Å². The standard InChI is InChI=1S/C21H22F3N5O6/c1-13(20(30)25-16-12-15(28(31)32)4-6-19(16)35-2)26-7-9-27(10-8-26)17-5-3-14(21(22,23)24)11-18(17)29(33)34/h3-6,11-13H,7-10H2,1-2H3,(H,25,30). The van der Waals surface area contributed by atoms with Gasteiger partial charge in [0.1, 0.15) is 11.4 Å². The highest BCUT2D eigenvalue weighted by molar-refractivity contribution is 5.96. The van der Waals surface area contributed by atoms with Crippen LogP contribution >= 0.6 is 0 Å². The number of nitro benzene ring substituents is 2. The summed E-state index contributed by atoms with van der Waals surface area (Å²) >= 11 is 0. The second-order valence-corrected chi connectivity index (χ2v) is 7.79. The molecule has 0 saturated carbocycles. The molecule has 11 nitrogen and oxygen atoms in total. The Morgan fingerprint density at radius 1 is 1.06 bits per heavy atom. The molecule has 2 aromatic rings.